The molecule has 1 aliphatic rings. The largest absolute Gasteiger partial charge is 0.486 e. The van der Waals surface area contributed by atoms with Crippen molar-refractivity contribution in [1.82, 2.24) is 25.4 Å². The smallest absolute Gasteiger partial charge is 0.191 e. The summed E-state index contributed by atoms with van der Waals surface area (Å²) in [6.45, 7) is 4.38. The van der Waals surface area contributed by atoms with Gasteiger partial charge in [-0.3, -0.25) is 4.99 Å². The monoisotopic (exact) mass is 416 g/mol. The van der Waals surface area contributed by atoms with Gasteiger partial charge in [-0.05, 0) is 37.8 Å². The molecule has 2 heterocycles. The second-order valence-electron chi connectivity index (χ2n) is 7.56. The highest BCUT2D eigenvalue weighted by Gasteiger charge is 2.15. The third kappa shape index (κ3) is 6.18. The second kappa shape index (κ2) is 11.5. The Bertz CT molecular complexity index is 822. The Kier molecular flexibility index (Phi) is 8.47. The van der Waals surface area contributed by atoms with Crippen LogP contribution < -0.4 is 15.4 Å². The maximum absolute atomic E-state index is 13.8. The topological polar surface area (TPSA) is 76.4 Å². The van der Waals surface area contributed by atoms with Crippen LogP contribution in [0.5, 0.6) is 5.75 Å². The minimum atomic E-state index is -0.343. The number of aryl methyl sites for hydroxylation is 2. The van der Waals surface area contributed by atoms with Crippen molar-refractivity contribution in [3.63, 3.8) is 0 Å². The fourth-order valence-corrected chi connectivity index (χ4v) is 3.60. The molecule has 2 aromatic rings. The van der Waals surface area contributed by atoms with Crippen molar-refractivity contribution in [1.29, 1.82) is 0 Å². The predicted octanol–water partition coefficient (Wildman–Crippen LogP) is 3.10. The van der Waals surface area contributed by atoms with Crippen molar-refractivity contribution in [3.05, 3.63) is 41.7 Å². The highest BCUT2D eigenvalue weighted by atomic mass is 19.1. The molecule has 0 aliphatic carbocycles. The average Bonchev–Trinajstić information content (AvgIpc) is 2.99. The van der Waals surface area contributed by atoms with Crippen LogP contribution in [0.2, 0.25) is 0 Å². The number of benzene rings is 1. The van der Waals surface area contributed by atoms with Gasteiger partial charge >= 0.3 is 0 Å². The van der Waals surface area contributed by atoms with Gasteiger partial charge < -0.3 is 19.9 Å². The molecule has 1 aliphatic heterocycles. The molecule has 7 nitrogen and oxygen atoms in total. The van der Waals surface area contributed by atoms with E-state index in [0.717, 1.165) is 50.4 Å². The van der Waals surface area contributed by atoms with Crippen LogP contribution in [0.3, 0.4) is 0 Å². The molecule has 164 valence electrons. The van der Waals surface area contributed by atoms with Crippen LogP contribution in [0, 0.1) is 5.82 Å². The van der Waals surface area contributed by atoms with Crippen LogP contribution in [-0.2, 0) is 19.4 Å². The number of rotatable bonds is 9. The zero-order valence-corrected chi connectivity index (χ0v) is 18.0. The number of para-hydroxylation sites is 1. The minimum Gasteiger partial charge on any atom is -0.486 e. The lowest BCUT2D eigenvalue weighted by molar-refractivity contribution is 0.191. The fourth-order valence-electron chi connectivity index (χ4n) is 3.60. The summed E-state index contributed by atoms with van der Waals surface area (Å²) in [5.41, 5.74) is 0. The van der Waals surface area contributed by atoms with Gasteiger partial charge in [-0.2, -0.15) is 0 Å². The van der Waals surface area contributed by atoms with E-state index in [1.807, 2.05) is 6.92 Å². The molecule has 0 fully saturated rings. The van der Waals surface area contributed by atoms with Gasteiger partial charge in [-0.15, -0.1) is 10.2 Å². The lowest BCUT2D eigenvalue weighted by Gasteiger charge is -2.20. The van der Waals surface area contributed by atoms with E-state index in [4.69, 9.17) is 4.74 Å². The molecule has 0 bridgehead atoms. The molecule has 0 saturated carbocycles. The predicted molar refractivity (Wildman–Crippen MR) is 116 cm³/mol. The second-order valence-corrected chi connectivity index (χ2v) is 7.56. The van der Waals surface area contributed by atoms with Crippen LogP contribution in [0.25, 0.3) is 0 Å². The number of hydrogen-bond donors (Lipinski definition) is 2. The minimum absolute atomic E-state index is 0.146. The van der Waals surface area contributed by atoms with Gasteiger partial charge in [0.2, 0.25) is 0 Å². The summed E-state index contributed by atoms with van der Waals surface area (Å²) in [6.07, 6.45) is 7.18. The number of ether oxygens (including phenoxy) is 1. The van der Waals surface area contributed by atoms with E-state index >= 15 is 0 Å². The fraction of sp³-hybridized carbons (Fsp3) is 0.591. The molecule has 3 rings (SSSR count). The van der Waals surface area contributed by atoms with Crippen molar-refractivity contribution < 1.29 is 9.13 Å². The number of aliphatic imine (C=N–C) groups is 1. The Hall–Kier alpha value is -2.64. The van der Waals surface area contributed by atoms with Gasteiger partial charge in [0.25, 0.3) is 0 Å². The molecule has 1 aromatic carbocycles. The van der Waals surface area contributed by atoms with Gasteiger partial charge in [0, 0.05) is 33.0 Å². The Morgan fingerprint density at radius 3 is 2.90 bits per heavy atom. The Balaban J connectivity index is 1.40. The summed E-state index contributed by atoms with van der Waals surface area (Å²) in [6, 6.07) is 6.48. The lowest BCUT2D eigenvalue weighted by atomic mass is 10.2. The van der Waals surface area contributed by atoms with E-state index in [2.05, 4.69) is 30.4 Å². The van der Waals surface area contributed by atoms with E-state index in [-0.39, 0.29) is 17.7 Å². The SMILES string of the molecule is CCC(CNC(=NC)NCCCc1nnc2n1CCCCC2)Oc1ccccc1F. The van der Waals surface area contributed by atoms with Gasteiger partial charge in [-0.1, -0.05) is 25.5 Å². The van der Waals surface area contributed by atoms with Crippen molar-refractivity contribution in [3.8, 4) is 5.75 Å². The molecule has 0 amide bonds. The highest BCUT2D eigenvalue weighted by Crippen LogP contribution is 2.18. The standard InChI is InChI=1S/C22H33FN6O/c1-3-17(30-19-11-7-6-10-18(19)23)16-26-22(24-2)25-14-9-13-21-28-27-20-12-5-4-8-15-29(20)21/h6-7,10-11,17H,3-5,8-9,12-16H2,1-2H3,(H2,24,25,26). The van der Waals surface area contributed by atoms with E-state index < -0.39 is 0 Å². The molecular weight excluding hydrogens is 383 g/mol. The van der Waals surface area contributed by atoms with E-state index in [9.17, 15) is 4.39 Å². The van der Waals surface area contributed by atoms with E-state index in [0.29, 0.717) is 12.5 Å². The van der Waals surface area contributed by atoms with Crippen molar-refractivity contribution in [2.75, 3.05) is 20.1 Å². The summed E-state index contributed by atoms with van der Waals surface area (Å²) >= 11 is 0. The van der Waals surface area contributed by atoms with Crippen molar-refractivity contribution in [2.24, 2.45) is 4.99 Å². The molecule has 1 atom stereocenters. The third-order valence-corrected chi connectivity index (χ3v) is 5.36. The number of guanidine groups is 1. The van der Waals surface area contributed by atoms with Crippen LogP contribution in [0.4, 0.5) is 4.39 Å². The number of halogens is 1. The Morgan fingerprint density at radius 2 is 2.10 bits per heavy atom. The summed E-state index contributed by atoms with van der Waals surface area (Å²) in [4.78, 5) is 4.27. The molecule has 0 saturated heterocycles. The van der Waals surface area contributed by atoms with Gasteiger partial charge in [0.05, 0.1) is 6.54 Å². The third-order valence-electron chi connectivity index (χ3n) is 5.36. The molecule has 1 unspecified atom stereocenters. The first kappa shape index (κ1) is 22.1. The molecule has 2 N–H and O–H groups in total. The van der Waals surface area contributed by atoms with Gasteiger partial charge in [-0.25, -0.2) is 4.39 Å². The molecule has 30 heavy (non-hydrogen) atoms. The Labute approximate surface area is 178 Å². The van der Waals surface area contributed by atoms with Crippen molar-refractivity contribution in [2.45, 2.75) is 64.5 Å². The summed E-state index contributed by atoms with van der Waals surface area (Å²) in [7, 11) is 1.74. The normalized spacial score (nSPS) is 15.2. The first-order valence-electron chi connectivity index (χ1n) is 11.0. The summed E-state index contributed by atoms with van der Waals surface area (Å²) in [5, 5.41) is 15.3. The van der Waals surface area contributed by atoms with E-state index in [1.54, 1.807) is 25.2 Å². The lowest BCUT2D eigenvalue weighted by Crippen LogP contribution is -2.42. The molecule has 0 radical (unpaired) electrons. The zero-order chi connectivity index (χ0) is 21.2. The molecule has 1 aromatic heterocycles. The van der Waals surface area contributed by atoms with Crippen LogP contribution in [0.1, 0.15) is 50.7 Å². The van der Waals surface area contributed by atoms with Crippen LogP contribution in [0.15, 0.2) is 29.3 Å². The van der Waals surface area contributed by atoms with Crippen molar-refractivity contribution >= 4 is 5.96 Å². The quantitative estimate of drug-likeness (QED) is 0.373. The van der Waals surface area contributed by atoms with Gasteiger partial charge in [0.1, 0.15) is 17.8 Å². The number of aromatic nitrogens is 3. The first-order valence-corrected chi connectivity index (χ1v) is 11.0. The maximum atomic E-state index is 13.8. The number of hydrogen-bond acceptors (Lipinski definition) is 4. The summed E-state index contributed by atoms with van der Waals surface area (Å²) < 4.78 is 21.9. The highest BCUT2D eigenvalue weighted by molar-refractivity contribution is 5.79. The average molecular weight is 417 g/mol. The summed E-state index contributed by atoms with van der Waals surface area (Å²) in [5.74, 6) is 2.87. The maximum Gasteiger partial charge on any atom is 0.191 e. The number of nitrogens with one attached hydrogen (secondary N) is 2. The Morgan fingerprint density at radius 1 is 1.23 bits per heavy atom. The first-order chi connectivity index (χ1) is 14.7. The number of nitrogens with zero attached hydrogens (tertiary/aromatic N) is 4. The zero-order valence-electron chi connectivity index (χ0n) is 18.0. The molecule has 8 heteroatoms. The van der Waals surface area contributed by atoms with Crippen LogP contribution >= 0.6 is 0 Å². The number of fused-ring (bicyclic) bond motifs is 1. The molecular formula is C22H33FN6O. The van der Waals surface area contributed by atoms with E-state index in [1.165, 1.54) is 25.3 Å². The molecule has 0 spiro atoms. The van der Waals surface area contributed by atoms with Gasteiger partial charge in [0.15, 0.2) is 17.5 Å². The van der Waals surface area contributed by atoms with Crippen LogP contribution in [-0.4, -0.2) is 47.0 Å².